The summed E-state index contributed by atoms with van der Waals surface area (Å²) in [5, 5.41) is 0. The highest BCUT2D eigenvalue weighted by atomic mass is 16.6. The van der Waals surface area contributed by atoms with Crippen molar-refractivity contribution in [2.75, 3.05) is 19.8 Å². The molecule has 122 valence electrons. The van der Waals surface area contributed by atoms with E-state index in [4.69, 9.17) is 14.2 Å². The fourth-order valence-electron chi connectivity index (χ4n) is 2.64. The van der Waals surface area contributed by atoms with Crippen molar-refractivity contribution < 1.29 is 19.0 Å². The number of hydrogen-bond donors (Lipinski definition) is 0. The molecule has 4 heteroatoms. The van der Waals surface area contributed by atoms with Crippen molar-refractivity contribution in [3.8, 4) is 0 Å². The van der Waals surface area contributed by atoms with Crippen molar-refractivity contribution in [2.45, 2.75) is 52.2 Å². The van der Waals surface area contributed by atoms with Crippen LogP contribution in [-0.2, 0) is 25.4 Å². The Balaban J connectivity index is 2.07. The highest BCUT2D eigenvalue weighted by Gasteiger charge is 2.25. The number of ether oxygens (including phenoxy) is 3. The van der Waals surface area contributed by atoms with E-state index in [1.807, 2.05) is 6.92 Å². The molecule has 0 aliphatic carbocycles. The van der Waals surface area contributed by atoms with Gasteiger partial charge in [-0.25, -0.2) is 0 Å². The molecule has 2 rings (SSSR count). The molecular formula is C18H26O4. The van der Waals surface area contributed by atoms with Gasteiger partial charge in [0.2, 0.25) is 0 Å². The Hall–Kier alpha value is -1.39. The maximum Gasteiger partial charge on any atom is 0.306 e. The lowest BCUT2D eigenvalue weighted by atomic mass is 9.93. The molecule has 0 aromatic heterocycles. The van der Waals surface area contributed by atoms with Gasteiger partial charge < -0.3 is 14.2 Å². The van der Waals surface area contributed by atoms with Crippen LogP contribution in [0.4, 0.5) is 0 Å². The summed E-state index contributed by atoms with van der Waals surface area (Å²) in [5.41, 5.74) is 3.60. The largest absolute Gasteiger partial charge is 0.466 e. The second-order valence-electron chi connectivity index (χ2n) is 5.63. The molecule has 1 fully saturated rings. The van der Waals surface area contributed by atoms with Gasteiger partial charge in [0.05, 0.1) is 25.9 Å². The quantitative estimate of drug-likeness (QED) is 0.518. The van der Waals surface area contributed by atoms with Gasteiger partial charge in [-0.15, -0.1) is 0 Å². The molecule has 1 heterocycles. The molecule has 1 aliphatic heterocycles. The second kappa shape index (κ2) is 8.30. The molecule has 0 radical (unpaired) electrons. The minimum absolute atomic E-state index is 0.0568. The summed E-state index contributed by atoms with van der Waals surface area (Å²) in [6.07, 6.45) is 2.33. The molecule has 1 aromatic rings. The van der Waals surface area contributed by atoms with Gasteiger partial charge in [0.15, 0.2) is 0 Å². The molecule has 0 unspecified atom stereocenters. The van der Waals surface area contributed by atoms with E-state index < -0.39 is 0 Å². The molecule has 4 nitrogen and oxygen atoms in total. The number of benzene rings is 1. The van der Waals surface area contributed by atoms with E-state index >= 15 is 0 Å². The average molecular weight is 306 g/mol. The summed E-state index contributed by atoms with van der Waals surface area (Å²) >= 11 is 0. The topological polar surface area (TPSA) is 48.1 Å². The third kappa shape index (κ3) is 4.82. The Labute approximate surface area is 132 Å². The van der Waals surface area contributed by atoms with E-state index in [0.29, 0.717) is 26.1 Å². The molecular weight excluding hydrogens is 280 g/mol. The van der Waals surface area contributed by atoms with Crippen LogP contribution >= 0.6 is 0 Å². The Morgan fingerprint density at radius 1 is 1.41 bits per heavy atom. The van der Waals surface area contributed by atoms with Gasteiger partial charge in [0.25, 0.3) is 0 Å². The maximum absolute atomic E-state index is 11.6. The van der Waals surface area contributed by atoms with Gasteiger partial charge in [0.1, 0.15) is 6.10 Å². The standard InChI is InChI=1S/C18H26O4/c1-4-17(22-12-14-11-21-14)16-8-6-7-13(3)15(16)9-10-18(19)20-5-2/h6-8,14,17H,4-5,9-12H2,1-3H3/t14-,17-/m1/s1. The molecule has 0 spiro atoms. The van der Waals surface area contributed by atoms with Gasteiger partial charge in [0, 0.05) is 6.42 Å². The third-order valence-corrected chi connectivity index (χ3v) is 3.93. The number of carbonyl (C=O) groups excluding carboxylic acids is 1. The Bertz CT molecular complexity index is 494. The minimum Gasteiger partial charge on any atom is -0.466 e. The fraction of sp³-hybridized carbons (Fsp3) is 0.611. The Morgan fingerprint density at radius 2 is 2.18 bits per heavy atom. The smallest absolute Gasteiger partial charge is 0.306 e. The first-order valence-corrected chi connectivity index (χ1v) is 8.12. The number of hydrogen-bond acceptors (Lipinski definition) is 4. The zero-order valence-electron chi connectivity index (χ0n) is 13.8. The van der Waals surface area contributed by atoms with Crippen LogP contribution in [0.3, 0.4) is 0 Å². The number of aryl methyl sites for hydroxylation is 1. The molecule has 1 aliphatic rings. The molecule has 0 bridgehead atoms. The van der Waals surface area contributed by atoms with E-state index in [2.05, 4.69) is 32.0 Å². The summed E-state index contributed by atoms with van der Waals surface area (Å²) < 4.78 is 16.3. The molecule has 1 saturated heterocycles. The highest BCUT2D eigenvalue weighted by Crippen LogP contribution is 2.29. The minimum atomic E-state index is -0.142. The fourth-order valence-corrected chi connectivity index (χ4v) is 2.64. The van der Waals surface area contributed by atoms with Gasteiger partial charge in [-0.2, -0.15) is 0 Å². The number of epoxide rings is 1. The molecule has 0 saturated carbocycles. The van der Waals surface area contributed by atoms with E-state index in [9.17, 15) is 4.79 Å². The highest BCUT2D eigenvalue weighted by molar-refractivity contribution is 5.69. The number of esters is 1. The normalized spacial score (nSPS) is 18.0. The van der Waals surface area contributed by atoms with Crippen molar-refractivity contribution in [3.63, 3.8) is 0 Å². The Kier molecular flexibility index (Phi) is 6.40. The van der Waals surface area contributed by atoms with Crippen LogP contribution in [0.15, 0.2) is 18.2 Å². The first kappa shape index (κ1) is 17.0. The zero-order valence-corrected chi connectivity index (χ0v) is 13.8. The van der Waals surface area contributed by atoms with Crippen LogP contribution < -0.4 is 0 Å². The van der Waals surface area contributed by atoms with Gasteiger partial charge >= 0.3 is 5.97 Å². The van der Waals surface area contributed by atoms with Gasteiger partial charge in [-0.1, -0.05) is 25.1 Å². The lowest BCUT2D eigenvalue weighted by Gasteiger charge is -2.21. The van der Waals surface area contributed by atoms with Crippen molar-refractivity contribution in [1.82, 2.24) is 0 Å². The summed E-state index contributed by atoms with van der Waals surface area (Å²) in [6, 6.07) is 6.24. The van der Waals surface area contributed by atoms with E-state index in [-0.39, 0.29) is 18.2 Å². The van der Waals surface area contributed by atoms with E-state index in [0.717, 1.165) is 13.0 Å². The third-order valence-electron chi connectivity index (χ3n) is 3.93. The van der Waals surface area contributed by atoms with E-state index in [1.165, 1.54) is 16.7 Å². The van der Waals surface area contributed by atoms with Crippen molar-refractivity contribution >= 4 is 5.97 Å². The SMILES string of the molecule is CCOC(=O)CCc1c(C)cccc1[C@@H](CC)OC[C@H]1CO1. The average Bonchev–Trinajstić information content (AvgIpc) is 3.31. The van der Waals surface area contributed by atoms with Crippen LogP contribution in [0, 0.1) is 6.92 Å². The molecule has 1 aromatic carbocycles. The summed E-state index contributed by atoms with van der Waals surface area (Å²) in [4.78, 5) is 11.6. The van der Waals surface area contributed by atoms with Crippen LogP contribution in [0.2, 0.25) is 0 Å². The van der Waals surface area contributed by atoms with Crippen LogP contribution in [0.25, 0.3) is 0 Å². The molecule has 2 atom stereocenters. The number of rotatable bonds is 9. The van der Waals surface area contributed by atoms with E-state index in [1.54, 1.807) is 0 Å². The zero-order chi connectivity index (χ0) is 15.9. The van der Waals surface area contributed by atoms with Crippen LogP contribution in [-0.4, -0.2) is 31.9 Å². The van der Waals surface area contributed by atoms with Crippen LogP contribution in [0.1, 0.15) is 49.5 Å². The molecule has 22 heavy (non-hydrogen) atoms. The predicted molar refractivity (Wildman–Crippen MR) is 84.9 cm³/mol. The summed E-state index contributed by atoms with van der Waals surface area (Å²) in [7, 11) is 0. The first-order valence-electron chi connectivity index (χ1n) is 8.12. The second-order valence-corrected chi connectivity index (χ2v) is 5.63. The Morgan fingerprint density at radius 3 is 2.82 bits per heavy atom. The maximum atomic E-state index is 11.6. The lowest BCUT2D eigenvalue weighted by molar-refractivity contribution is -0.143. The summed E-state index contributed by atoms with van der Waals surface area (Å²) in [6.45, 7) is 7.92. The van der Waals surface area contributed by atoms with Crippen molar-refractivity contribution in [1.29, 1.82) is 0 Å². The van der Waals surface area contributed by atoms with Crippen molar-refractivity contribution in [3.05, 3.63) is 34.9 Å². The molecule has 0 amide bonds. The lowest BCUT2D eigenvalue weighted by Crippen LogP contribution is -2.13. The predicted octanol–water partition coefficient (Wildman–Crippen LogP) is 3.36. The summed E-state index contributed by atoms with van der Waals surface area (Å²) in [5.74, 6) is -0.142. The first-order chi connectivity index (χ1) is 10.7. The van der Waals surface area contributed by atoms with Gasteiger partial charge in [-0.05, 0) is 43.4 Å². The molecule has 0 N–H and O–H groups in total. The van der Waals surface area contributed by atoms with Crippen LogP contribution in [0.5, 0.6) is 0 Å². The van der Waals surface area contributed by atoms with Gasteiger partial charge in [-0.3, -0.25) is 4.79 Å². The van der Waals surface area contributed by atoms with Crippen molar-refractivity contribution in [2.24, 2.45) is 0 Å². The number of carbonyl (C=O) groups is 1. The monoisotopic (exact) mass is 306 g/mol.